The second kappa shape index (κ2) is 8.30. The van der Waals surface area contributed by atoms with Gasteiger partial charge in [-0.1, -0.05) is 97.1 Å². The molecule has 6 aromatic carbocycles. The summed E-state index contributed by atoms with van der Waals surface area (Å²) in [6.07, 6.45) is 1.74. The number of nitrogens with zero attached hydrogens (tertiary/aromatic N) is 4. The van der Waals surface area contributed by atoms with Crippen LogP contribution in [-0.4, -0.2) is 19.4 Å². The zero-order valence-corrected chi connectivity index (χ0v) is 20.7. The highest BCUT2D eigenvalue weighted by Crippen LogP contribution is 2.37. The maximum Gasteiger partial charge on any atom is 0.357 e. The predicted octanol–water partition coefficient (Wildman–Crippen LogP) is 7.43. The molecule has 0 spiro atoms. The molecule has 0 bridgehead atoms. The molecule has 0 amide bonds. The Bertz CT molecular complexity index is 2290. The molecule has 2 aromatic heterocycles. The van der Waals surface area contributed by atoms with Gasteiger partial charge in [0.15, 0.2) is 5.82 Å². The van der Waals surface area contributed by atoms with Crippen molar-refractivity contribution in [3.63, 3.8) is 0 Å². The Morgan fingerprint density at radius 1 is 0.513 bits per heavy atom. The first-order valence-electron chi connectivity index (χ1n) is 12.8. The largest absolute Gasteiger partial charge is 0.357 e. The average molecular weight is 501 g/mol. The molecule has 0 atom stereocenters. The smallest absolute Gasteiger partial charge is 0.245 e. The second-order valence-electron chi connectivity index (χ2n) is 9.71. The first kappa shape index (κ1) is 21.6. The van der Waals surface area contributed by atoms with Crippen LogP contribution >= 0.6 is 0 Å². The molecule has 0 N–H and O–H groups in total. The van der Waals surface area contributed by atoms with E-state index in [-0.39, 0.29) is 0 Å². The third-order valence-corrected chi connectivity index (χ3v) is 7.49. The summed E-state index contributed by atoms with van der Waals surface area (Å²) in [6, 6.07) is 39.4. The van der Waals surface area contributed by atoms with E-state index in [9.17, 15) is 4.79 Å². The summed E-state index contributed by atoms with van der Waals surface area (Å²) < 4.78 is 1.46. The van der Waals surface area contributed by atoms with Crippen LogP contribution in [0.2, 0.25) is 0 Å². The fraction of sp³-hybridized carbons (Fsp3) is 0. The Morgan fingerprint density at radius 2 is 1.13 bits per heavy atom. The van der Waals surface area contributed by atoms with Crippen LogP contribution in [0.25, 0.3) is 71.5 Å². The molecule has 0 saturated carbocycles. The van der Waals surface area contributed by atoms with Gasteiger partial charge in [-0.15, -0.1) is 0 Å². The van der Waals surface area contributed by atoms with Gasteiger partial charge in [-0.2, -0.15) is 9.97 Å². The summed E-state index contributed by atoms with van der Waals surface area (Å²) in [5.74, 6) is 0.694. The highest BCUT2D eigenvalue weighted by Gasteiger charge is 2.13. The minimum Gasteiger partial charge on any atom is -0.245 e. The molecule has 5 heteroatoms. The van der Waals surface area contributed by atoms with Crippen LogP contribution in [0, 0.1) is 0 Å². The summed E-state index contributed by atoms with van der Waals surface area (Å²) in [5.41, 5.74) is 3.23. The van der Waals surface area contributed by atoms with E-state index in [1.807, 2.05) is 42.5 Å². The van der Waals surface area contributed by atoms with Crippen molar-refractivity contribution in [2.24, 2.45) is 0 Å². The molecule has 0 saturated heterocycles. The summed E-state index contributed by atoms with van der Waals surface area (Å²) in [7, 11) is 0. The lowest BCUT2D eigenvalue weighted by Crippen LogP contribution is -2.20. The summed E-state index contributed by atoms with van der Waals surface area (Å²) in [6.45, 7) is 0. The molecule has 8 aromatic rings. The Morgan fingerprint density at radius 3 is 1.90 bits per heavy atom. The van der Waals surface area contributed by atoms with E-state index in [1.165, 1.54) is 36.7 Å². The third-order valence-electron chi connectivity index (χ3n) is 7.49. The minimum atomic E-state index is -0.395. The average Bonchev–Trinajstić information content (AvgIpc) is 3.00. The van der Waals surface area contributed by atoms with E-state index in [0.29, 0.717) is 11.6 Å². The van der Waals surface area contributed by atoms with Crippen LogP contribution in [0.4, 0.5) is 0 Å². The van der Waals surface area contributed by atoms with Crippen LogP contribution < -0.4 is 5.69 Å². The van der Waals surface area contributed by atoms with Gasteiger partial charge >= 0.3 is 5.69 Å². The molecule has 8 rings (SSSR count). The quantitative estimate of drug-likeness (QED) is 0.232. The van der Waals surface area contributed by atoms with Gasteiger partial charge in [0.25, 0.3) is 0 Å². The Labute approximate surface area is 222 Å². The van der Waals surface area contributed by atoms with Crippen molar-refractivity contribution in [1.29, 1.82) is 0 Å². The number of hydrogen-bond donors (Lipinski definition) is 0. The van der Waals surface area contributed by atoms with Crippen molar-refractivity contribution >= 4 is 49.0 Å². The van der Waals surface area contributed by atoms with E-state index in [2.05, 4.69) is 87.7 Å². The normalized spacial score (nSPS) is 11.7. The lowest BCUT2D eigenvalue weighted by Gasteiger charge is -2.12. The summed E-state index contributed by atoms with van der Waals surface area (Å²) in [5, 5.41) is 8.29. The number of para-hydroxylation sites is 1. The van der Waals surface area contributed by atoms with E-state index in [0.717, 1.165) is 27.6 Å². The van der Waals surface area contributed by atoms with Gasteiger partial charge in [0.05, 0.1) is 5.52 Å². The lowest BCUT2D eigenvalue weighted by atomic mass is 9.92. The Kier molecular flexibility index (Phi) is 4.60. The second-order valence-corrected chi connectivity index (χ2v) is 9.71. The predicted molar refractivity (Wildman–Crippen MR) is 158 cm³/mol. The molecule has 0 aliphatic heterocycles. The molecule has 0 fully saturated rings. The maximum absolute atomic E-state index is 13.1. The molecule has 0 aliphatic carbocycles. The lowest BCUT2D eigenvalue weighted by molar-refractivity contribution is 0.949. The van der Waals surface area contributed by atoms with Crippen LogP contribution in [0.3, 0.4) is 0 Å². The SMILES string of the molecule is O=c1nc(-c2cccc(-c3ccc4c5ccccc5c5ccccc5c4c3)c2)nc2ncc3ccccc3n12. The van der Waals surface area contributed by atoms with Crippen molar-refractivity contribution in [1.82, 2.24) is 19.4 Å². The van der Waals surface area contributed by atoms with E-state index >= 15 is 0 Å². The number of aromatic nitrogens is 4. The molecule has 0 unspecified atom stereocenters. The summed E-state index contributed by atoms with van der Waals surface area (Å²) in [4.78, 5) is 26.5. The Hall–Kier alpha value is -5.42. The zero-order chi connectivity index (χ0) is 25.9. The molecule has 0 radical (unpaired) electrons. The van der Waals surface area contributed by atoms with Crippen LogP contribution in [-0.2, 0) is 0 Å². The van der Waals surface area contributed by atoms with Gasteiger partial charge < -0.3 is 0 Å². The molecular weight excluding hydrogens is 480 g/mol. The number of rotatable bonds is 2. The van der Waals surface area contributed by atoms with E-state index < -0.39 is 5.69 Å². The van der Waals surface area contributed by atoms with Gasteiger partial charge in [-0.3, -0.25) is 0 Å². The first-order valence-corrected chi connectivity index (χ1v) is 12.8. The highest BCUT2D eigenvalue weighted by atomic mass is 16.1. The zero-order valence-electron chi connectivity index (χ0n) is 20.7. The molecule has 39 heavy (non-hydrogen) atoms. The van der Waals surface area contributed by atoms with Crippen molar-refractivity contribution in [2.75, 3.05) is 0 Å². The van der Waals surface area contributed by atoms with Crippen LogP contribution in [0.5, 0.6) is 0 Å². The van der Waals surface area contributed by atoms with Gasteiger partial charge in [0.2, 0.25) is 5.78 Å². The van der Waals surface area contributed by atoms with Crippen LogP contribution in [0.15, 0.2) is 126 Å². The van der Waals surface area contributed by atoms with Crippen LogP contribution in [0.1, 0.15) is 0 Å². The number of hydrogen-bond acceptors (Lipinski definition) is 4. The number of fused-ring (bicyclic) bond motifs is 9. The molecular formula is C34H20N4O. The molecule has 0 aliphatic rings. The first-order chi connectivity index (χ1) is 19.2. The fourth-order valence-electron chi connectivity index (χ4n) is 5.68. The van der Waals surface area contributed by atoms with Crippen molar-refractivity contribution < 1.29 is 0 Å². The summed E-state index contributed by atoms with van der Waals surface area (Å²) >= 11 is 0. The minimum absolute atomic E-state index is 0.332. The maximum atomic E-state index is 13.1. The van der Waals surface area contributed by atoms with Gasteiger partial charge in [0, 0.05) is 17.1 Å². The van der Waals surface area contributed by atoms with Gasteiger partial charge in [-0.05, 0) is 61.6 Å². The number of benzene rings is 6. The van der Waals surface area contributed by atoms with Crippen molar-refractivity contribution in [3.05, 3.63) is 132 Å². The molecule has 182 valence electrons. The fourth-order valence-corrected chi connectivity index (χ4v) is 5.68. The van der Waals surface area contributed by atoms with E-state index in [4.69, 9.17) is 0 Å². The van der Waals surface area contributed by atoms with Crippen molar-refractivity contribution in [2.45, 2.75) is 0 Å². The van der Waals surface area contributed by atoms with Crippen molar-refractivity contribution in [3.8, 4) is 22.5 Å². The van der Waals surface area contributed by atoms with Gasteiger partial charge in [0.1, 0.15) is 0 Å². The van der Waals surface area contributed by atoms with Gasteiger partial charge in [-0.25, -0.2) is 14.2 Å². The third kappa shape index (κ3) is 3.33. The highest BCUT2D eigenvalue weighted by molar-refractivity contribution is 6.25. The molecule has 5 nitrogen and oxygen atoms in total. The van der Waals surface area contributed by atoms with E-state index in [1.54, 1.807) is 6.20 Å². The molecule has 2 heterocycles. The Balaban J connectivity index is 1.30. The topological polar surface area (TPSA) is 60.2 Å². The standard InChI is InChI=1S/C34H20N4O/c39-34-37-32(36-33-35-20-24-8-1-6-15-31(24)38(33)34)23-10-7-9-21(18-23)22-16-17-29-27-13-3-2-11-25(27)26-12-4-5-14-28(26)30(29)19-22/h1-20H. The monoisotopic (exact) mass is 500 g/mol.